The number of cyclic esters (lactones) is 1. The molecule has 1 aromatic carbocycles. The highest BCUT2D eigenvalue weighted by Gasteiger charge is 2.53. The number of hydrogen-bond donors (Lipinski definition) is 2. The van der Waals surface area contributed by atoms with Gasteiger partial charge in [-0.2, -0.15) is 0 Å². The molecule has 0 amide bonds. The number of aliphatic hydroxyl groups excluding tert-OH is 2. The van der Waals surface area contributed by atoms with E-state index in [1.54, 1.807) is 26.1 Å². The van der Waals surface area contributed by atoms with E-state index >= 15 is 0 Å². The molecule has 1 aromatic heterocycles. The Balaban J connectivity index is 1.63. The first-order valence-corrected chi connectivity index (χ1v) is 13.7. The number of rotatable bonds is 3. The Labute approximate surface area is 225 Å². The zero-order valence-electron chi connectivity index (χ0n) is 22.9. The number of carbonyl (C=O) groups is 2. The van der Waals surface area contributed by atoms with E-state index in [1.807, 2.05) is 37.3 Å². The molecule has 0 spiro atoms. The number of epoxide rings is 1. The minimum atomic E-state index is -1.27. The number of aromatic nitrogens is 1. The van der Waals surface area contributed by atoms with Gasteiger partial charge in [0, 0.05) is 23.9 Å². The summed E-state index contributed by atoms with van der Waals surface area (Å²) in [6, 6.07) is 9.68. The van der Waals surface area contributed by atoms with Crippen LogP contribution in [0.3, 0.4) is 0 Å². The number of esters is 1. The fraction of sp³-hybridized carbons (Fsp3) is 0.581. The third kappa shape index (κ3) is 6.00. The van der Waals surface area contributed by atoms with E-state index in [4.69, 9.17) is 9.47 Å². The average molecular weight is 524 g/mol. The summed E-state index contributed by atoms with van der Waals surface area (Å²) < 4.78 is 12.1. The van der Waals surface area contributed by atoms with Gasteiger partial charge in [-0.05, 0) is 49.8 Å². The topological polar surface area (TPSA) is 109 Å². The number of fused-ring (bicyclic) bond motifs is 2. The third-order valence-corrected chi connectivity index (χ3v) is 8.65. The molecule has 2 N–H and O–H groups in total. The minimum Gasteiger partial charge on any atom is -0.457 e. The summed E-state index contributed by atoms with van der Waals surface area (Å²) >= 11 is 0. The van der Waals surface area contributed by atoms with Crippen LogP contribution in [0, 0.1) is 17.3 Å². The largest absolute Gasteiger partial charge is 0.457 e. The number of ketones is 1. The van der Waals surface area contributed by atoms with Gasteiger partial charge in [0.05, 0.1) is 41.3 Å². The highest BCUT2D eigenvalue weighted by Crippen LogP contribution is 2.46. The van der Waals surface area contributed by atoms with Gasteiger partial charge in [-0.1, -0.05) is 51.5 Å². The molecule has 0 aliphatic carbocycles. The molecule has 7 atom stereocenters. The van der Waals surface area contributed by atoms with E-state index in [-0.39, 0.29) is 29.8 Å². The molecule has 206 valence electrons. The summed E-state index contributed by atoms with van der Waals surface area (Å²) in [5.41, 5.74) is 0.0287. The van der Waals surface area contributed by atoms with Gasteiger partial charge in [0.2, 0.25) is 0 Å². The number of aliphatic hydroxyl groups is 2. The zero-order chi connectivity index (χ0) is 27.7. The summed E-state index contributed by atoms with van der Waals surface area (Å²) in [7, 11) is 0. The molecule has 4 rings (SSSR count). The van der Waals surface area contributed by atoms with Crippen molar-refractivity contribution < 1.29 is 29.3 Å². The monoisotopic (exact) mass is 523 g/mol. The Morgan fingerprint density at radius 1 is 1.18 bits per heavy atom. The summed E-state index contributed by atoms with van der Waals surface area (Å²) in [5, 5.41) is 23.2. The lowest BCUT2D eigenvalue weighted by Gasteiger charge is -2.35. The molecular formula is C31H41NO6. The number of carbonyl (C=O) groups excluding carboxylic acids is 2. The van der Waals surface area contributed by atoms with Gasteiger partial charge in [0.25, 0.3) is 0 Å². The van der Waals surface area contributed by atoms with Crippen LogP contribution in [0.2, 0.25) is 0 Å². The quantitative estimate of drug-likeness (QED) is 0.328. The van der Waals surface area contributed by atoms with Gasteiger partial charge in [-0.25, -0.2) is 0 Å². The Morgan fingerprint density at radius 3 is 2.68 bits per heavy atom. The van der Waals surface area contributed by atoms with E-state index in [0.29, 0.717) is 12.8 Å². The van der Waals surface area contributed by atoms with Crippen molar-refractivity contribution in [2.45, 2.75) is 96.2 Å². The SMILES string of the molecule is C=CCC1C(=O)C(C)(C)C(O)CC(=O)OC(c2ccc3cccnc3c2)CC2OC2(C)CCCC(C)C1O. The van der Waals surface area contributed by atoms with Crippen LogP contribution in [0.1, 0.15) is 77.9 Å². The Morgan fingerprint density at radius 2 is 1.95 bits per heavy atom. The molecule has 0 bridgehead atoms. The number of benzene rings is 1. The third-order valence-electron chi connectivity index (χ3n) is 8.65. The molecular weight excluding hydrogens is 482 g/mol. The van der Waals surface area contributed by atoms with Crippen LogP contribution in [0.25, 0.3) is 10.9 Å². The summed E-state index contributed by atoms with van der Waals surface area (Å²) in [6.07, 6.45) is 3.37. The highest BCUT2D eigenvalue weighted by molar-refractivity contribution is 5.88. The maximum absolute atomic E-state index is 13.6. The maximum atomic E-state index is 13.6. The first kappa shape index (κ1) is 28.4. The van der Waals surface area contributed by atoms with Crippen LogP contribution in [-0.2, 0) is 19.1 Å². The summed E-state index contributed by atoms with van der Waals surface area (Å²) in [4.78, 5) is 31.2. The van der Waals surface area contributed by atoms with Crippen LogP contribution in [0.5, 0.6) is 0 Å². The summed E-state index contributed by atoms with van der Waals surface area (Å²) in [5.74, 6) is -1.70. The molecule has 3 heterocycles. The van der Waals surface area contributed by atoms with Gasteiger partial charge in [0.1, 0.15) is 11.9 Å². The standard InChI is InChI=1S/C31H41NO6/c1-6-9-22-28(35)19(2)10-7-14-31(5)26(38-31)17-24(21-13-12-20-11-8-15-32-23(20)16-21)37-27(34)18-25(33)30(3,4)29(22)36/h6,8,11-13,15-16,19,22,24-26,28,33,35H,1,7,9-10,14,17-18H2,2-5H3. The van der Waals surface area contributed by atoms with E-state index in [0.717, 1.165) is 35.7 Å². The molecule has 38 heavy (non-hydrogen) atoms. The van der Waals surface area contributed by atoms with Gasteiger partial charge in [-0.15, -0.1) is 6.58 Å². The van der Waals surface area contributed by atoms with Crippen LogP contribution in [-0.4, -0.2) is 50.9 Å². The van der Waals surface area contributed by atoms with Gasteiger partial charge in [0.15, 0.2) is 0 Å². The smallest absolute Gasteiger partial charge is 0.309 e. The average Bonchev–Trinajstić information content (AvgIpc) is 3.53. The number of nitrogens with zero attached hydrogens (tertiary/aromatic N) is 1. The Kier molecular flexibility index (Phi) is 8.40. The van der Waals surface area contributed by atoms with E-state index in [9.17, 15) is 19.8 Å². The van der Waals surface area contributed by atoms with Crippen molar-refractivity contribution in [1.29, 1.82) is 0 Å². The molecule has 2 saturated heterocycles. The van der Waals surface area contributed by atoms with Crippen molar-refractivity contribution >= 4 is 22.7 Å². The van der Waals surface area contributed by atoms with Crippen LogP contribution in [0.15, 0.2) is 49.2 Å². The lowest BCUT2D eigenvalue weighted by molar-refractivity contribution is -0.156. The van der Waals surface area contributed by atoms with Crippen molar-refractivity contribution in [3.63, 3.8) is 0 Å². The van der Waals surface area contributed by atoms with Gasteiger partial charge >= 0.3 is 5.97 Å². The van der Waals surface area contributed by atoms with E-state index in [1.165, 1.54) is 0 Å². The summed E-state index contributed by atoms with van der Waals surface area (Å²) in [6.45, 7) is 11.0. The van der Waals surface area contributed by atoms with Crippen LogP contribution < -0.4 is 0 Å². The molecule has 0 saturated carbocycles. The molecule has 7 nitrogen and oxygen atoms in total. The van der Waals surface area contributed by atoms with E-state index < -0.39 is 35.6 Å². The molecule has 2 aromatic rings. The molecule has 2 aliphatic rings. The van der Waals surface area contributed by atoms with Crippen LogP contribution >= 0.6 is 0 Å². The second kappa shape index (κ2) is 11.2. The molecule has 7 heteroatoms. The predicted molar refractivity (Wildman–Crippen MR) is 145 cm³/mol. The second-order valence-corrected chi connectivity index (χ2v) is 11.9. The second-order valence-electron chi connectivity index (χ2n) is 11.9. The first-order chi connectivity index (χ1) is 18.0. The number of pyridine rings is 1. The van der Waals surface area contributed by atoms with Crippen molar-refractivity contribution in [1.82, 2.24) is 4.98 Å². The molecule has 2 aliphatic heterocycles. The predicted octanol–water partition coefficient (Wildman–Crippen LogP) is 5.09. The number of Topliss-reactive ketones (excluding diaryl/α,β-unsaturated/α-hetero) is 1. The normalized spacial score (nSPS) is 34.8. The fourth-order valence-electron chi connectivity index (χ4n) is 5.72. The first-order valence-electron chi connectivity index (χ1n) is 13.7. The van der Waals surface area contributed by atoms with Crippen LogP contribution in [0.4, 0.5) is 0 Å². The lowest BCUT2D eigenvalue weighted by atomic mass is 9.71. The van der Waals surface area contributed by atoms with Gasteiger partial charge in [-0.3, -0.25) is 14.6 Å². The fourth-order valence-corrected chi connectivity index (χ4v) is 5.72. The highest BCUT2D eigenvalue weighted by atomic mass is 16.6. The molecule has 2 fully saturated rings. The van der Waals surface area contributed by atoms with E-state index in [2.05, 4.69) is 18.5 Å². The Bertz CT molecular complexity index is 1180. The van der Waals surface area contributed by atoms with Gasteiger partial charge < -0.3 is 19.7 Å². The Hall–Kier alpha value is -2.61. The zero-order valence-corrected chi connectivity index (χ0v) is 22.9. The molecule has 7 unspecified atom stereocenters. The minimum absolute atomic E-state index is 0.0793. The lowest BCUT2D eigenvalue weighted by Crippen LogP contribution is -2.46. The van der Waals surface area contributed by atoms with Crippen molar-refractivity contribution in [3.8, 4) is 0 Å². The number of hydrogen-bond acceptors (Lipinski definition) is 7. The van der Waals surface area contributed by atoms with Crippen molar-refractivity contribution in [3.05, 3.63) is 54.7 Å². The maximum Gasteiger partial charge on any atom is 0.309 e. The van der Waals surface area contributed by atoms with Crippen molar-refractivity contribution in [2.24, 2.45) is 17.3 Å². The number of allylic oxidation sites excluding steroid dienone is 1. The molecule has 0 radical (unpaired) electrons. The number of ether oxygens (including phenoxy) is 2. The van der Waals surface area contributed by atoms with Crippen molar-refractivity contribution in [2.75, 3.05) is 0 Å².